The first-order valence-corrected chi connectivity index (χ1v) is 10.7. The van der Waals surface area contributed by atoms with Gasteiger partial charge in [0.2, 0.25) is 6.79 Å². The van der Waals surface area contributed by atoms with Crippen LogP contribution in [0.5, 0.6) is 11.5 Å². The van der Waals surface area contributed by atoms with E-state index >= 15 is 0 Å². The van der Waals surface area contributed by atoms with Crippen LogP contribution >= 0.6 is 23.2 Å². The molecule has 8 nitrogen and oxygen atoms in total. The molecule has 2 aliphatic rings. The lowest BCUT2D eigenvalue weighted by Gasteiger charge is -2.42. The van der Waals surface area contributed by atoms with Crippen LogP contribution in [-0.4, -0.2) is 23.8 Å². The molecular formula is C23H17Cl2N3O5. The molecule has 2 heterocycles. The van der Waals surface area contributed by atoms with E-state index in [9.17, 15) is 14.7 Å². The van der Waals surface area contributed by atoms with Crippen LogP contribution in [0.3, 0.4) is 0 Å². The number of nitrogens with zero attached hydrogens (tertiary/aromatic N) is 1. The zero-order valence-corrected chi connectivity index (χ0v) is 18.5. The topological polar surface area (TPSA) is 100 Å². The maximum Gasteiger partial charge on any atom is 0.329 e. The highest BCUT2D eigenvalue weighted by molar-refractivity contribution is 6.42. The second-order valence-corrected chi connectivity index (χ2v) is 8.27. The summed E-state index contributed by atoms with van der Waals surface area (Å²) >= 11 is 12.2. The highest BCUT2D eigenvalue weighted by atomic mass is 35.5. The summed E-state index contributed by atoms with van der Waals surface area (Å²) in [4.78, 5) is 27.5. The predicted octanol–water partition coefficient (Wildman–Crippen LogP) is 4.24. The summed E-state index contributed by atoms with van der Waals surface area (Å²) in [5.74, 6) is 0.390. The normalized spacial score (nSPS) is 18.5. The van der Waals surface area contributed by atoms with Crippen molar-refractivity contribution in [3.63, 3.8) is 0 Å². The molecule has 3 aromatic carbocycles. The van der Waals surface area contributed by atoms with Crippen LogP contribution in [0, 0.1) is 0 Å². The molecule has 0 aromatic heterocycles. The summed E-state index contributed by atoms with van der Waals surface area (Å²) in [5, 5.41) is 17.7. The highest BCUT2D eigenvalue weighted by Crippen LogP contribution is 2.41. The quantitative estimate of drug-likeness (QED) is 0.513. The second kappa shape index (κ2) is 8.15. The summed E-state index contributed by atoms with van der Waals surface area (Å²) in [5.41, 5.74) is -0.909. The van der Waals surface area contributed by atoms with E-state index in [2.05, 4.69) is 10.6 Å². The summed E-state index contributed by atoms with van der Waals surface area (Å²) in [6.07, 6.45) is 0. The number of anilines is 2. The van der Waals surface area contributed by atoms with Gasteiger partial charge < -0.3 is 25.2 Å². The summed E-state index contributed by atoms with van der Waals surface area (Å²) in [6.45, 7) is 0.214. The Morgan fingerprint density at radius 3 is 2.67 bits per heavy atom. The second-order valence-electron chi connectivity index (χ2n) is 7.45. The van der Waals surface area contributed by atoms with Gasteiger partial charge in [-0.15, -0.1) is 0 Å². The number of nitrogens with one attached hydrogen (secondary N) is 2. The van der Waals surface area contributed by atoms with Crippen molar-refractivity contribution < 1.29 is 24.2 Å². The Kier molecular flexibility index (Phi) is 5.28. The number of carbonyl (C=O) groups excluding carboxylic acids is 2. The highest BCUT2D eigenvalue weighted by Gasteiger charge is 2.52. The molecule has 3 aromatic rings. The summed E-state index contributed by atoms with van der Waals surface area (Å²) < 4.78 is 10.7. The molecule has 0 unspecified atom stereocenters. The number of hydrogen-bond acceptors (Lipinski definition) is 5. The van der Waals surface area contributed by atoms with Gasteiger partial charge in [-0.1, -0.05) is 47.5 Å². The molecule has 3 N–H and O–H groups in total. The molecule has 168 valence electrons. The maximum atomic E-state index is 13.5. The van der Waals surface area contributed by atoms with Gasteiger partial charge in [-0.2, -0.15) is 0 Å². The van der Waals surface area contributed by atoms with Gasteiger partial charge in [0.1, 0.15) is 0 Å². The number of rotatable bonds is 4. The van der Waals surface area contributed by atoms with Crippen molar-refractivity contribution >= 4 is 46.5 Å². The van der Waals surface area contributed by atoms with Crippen LogP contribution in [0.1, 0.15) is 11.1 Å². The van der Waals surface area contributed by atoms with E-state index in [1.807, 2.05) is 0 Å². The first-order valence-electron chi connectivity index (χ1n) is 9.93. The predicted molar refractivity (Wildman–Crippen MR) is 123 cm³/mol. The fraction of sp³-hybridized carbons (Fsp3) is 0.130. The molecule has 0 bridgehead atoms. The lowest BCUT2D eigenvalue weighted by molar-refractivity contribution is -0.140. The van der Waals surface area contributed by atoms with E-state index in [4.69, 9.17) is 32.7 Å². The molecule has 0 saturated heterocycles. The monoisotopic (exact) mass is 485 g/mol. The minimum absolute atomic E-state index is 0.0801. The van der Waals surface area contributed by atoms with Gasteiger partial charge in [0.15, 0.2) is 11.5 Å². The molecule has 3 amide bonds. The standard InChI is InChI=1S/C23H17Cl2N3O5/c24-16-7-6-14(10-17(16)25)28-22(30)27-18-4-2-1-3-15(18)23(28,31)21(29)26-11-13-5-8-19-20(9-13)33-12-32-19/h1-10,31H,11-12H2,(H,26,29)(H,27,30)/t23-/m1/s1. The van der Waals surface area contributed by atoms with Crippen molar-refractivity contribution in [2.45, 2.75) is 12.3 Å². The Balaban J connectivity index is 1.52. The molecule has 0 aliphatic carbocycles. The number of fused-ring (bicyclic) bond motifs is 2. The van der Waals surface area contributed by atoms with E-state index in [0.29, 0.717) is 17.2 Å². The van der Waals surface area contributed by atoms with E-state index in [0.717, 1.165) is 10.5 Å². The maximum absolute atomic E-state index is 13.5. The number of halogens is 2. The van der Waals surface area contributed by atoms with Crippen molar-refractivity contribution in [1.29, 1.82) is 0 Å². The molecule has 0 spiro atoms. The zero-order valence-electron chi connectivity index (χ0n) is 17.0. The van der Waals surface area contributed by atoms with Gasteiger partial charge >= 0.3 is 6.03 Å². The average Bonchev–Trinajstić information content (AvgIpc) is 3.27. The van der Waals surface area contributed by atoms with Crippen LogP contribution in [-0.2, 0) is 17.1 Å². The van der Waals surface area contributed by atoms with Gasteiger partial charge in [0.25, 0.3) is 11.6 Å². The van der Waals surface area contributed by atoms with Gasteiger partial charge in [-0.3, -0.25) is 9.69 Å². The molecule has 2 aliphatic heterocycles. The molecule has 0 radical (unpaired) electrons. The number of para-hydroxylation sites is 1. The molecular weight excluding hydrogens is 469 g/mol. The molecule has 0 saturated carbocycles. The number of benzene rings is 3. The summed E-state index contributed by atoms with van der Waals surface area (Å²) in [7, 11) is 0. The lowest BCUT2D eigenvalue weighted by Crippen LogP contribution is -2.62. The Labute approximate surface area is 198 Å². The third-order valence-electron chi connectivity index (χ3n) is 5.44. The Hall–Kier alpha value is -3.46. The van der Waals surface area contributed by atoms with Crippen molar-refractivity contribution in [2.75, 3.05) is 17.0 Å². The molecule has 0 fully saturated rings. The van der Waals surface area contributed by atoms with E-state index in [1.165, 1.54) is 18.2 Å². The Morgan fingerprint density at radius 1 is 1.06 bits per heavy atom. The number of ether oxygens (including phenoxy) is 2. The van der Waals surface area contributed by atoms with Crippen molar-refractivity contribution in [3.05, 3.63) is 81.8 Å². The number of urea groups is 1. The fourth-order valence-electron chi connectivity index (χ4n) is 3.84. The number of aliphatic hydroxyl groups is 1. The first kappa shape index (κ1) is 21.4. The molecule has 1 atom stereocenters. The Morgan fingerprint density at radius 2 is 1.85 bits per heavy atom. The number of amides is 3. The van der Waals surface area contributed by atoms with E-state index < -0.39 is 17.7 Å². The number of carbonyl (C=O) groups is 2. The largest absolute Gasteiger partial charge is 0.454 e. The van der Waals surface area contributed by atoms with Gasteiger partial charge in [0, 0.05) is 12.1 Å². The molecule has 5 rings (SSSR count). The van der Waals surface area contributed by atoms with Gasteiger partial charge in [0.05, 0.1) is 21.4 Å². The van der Waals surface area contributed by atoms with Gasteiger partial charge in [-0.25, -0.2) is 4.79 Å². The molecule has 10 heteroatoms. The summed E-state index contributed by atoms with van der Waals surface area (Å²) in [6, 6.07) is 15.5. The van der Waals surface area contributed by atoms with Gasteiger partial charge in [-0.05, 0) is 42.0 Å². The van der Waals surface area contributed by atoms with Crippen molar-refractivity contribution in [3.8, 4) is 11.5 Å². The third-order valence-corrected chi connectivity index (χ3v) is 6.18. The third kappa shape index (κ3) is 3.62. The molecule has 33 heavy (non-hydrogen) atoms. The van der Waals surface area contributed by atoms with Crippen LogP contribution < -0.4 is 25.0 Å². The first-order chi connectivity index (χ1) is 15.9. The SMILES string of the molecule is O=C1Nc2ccccc2[C@@](O)(C(=O)NCc2ccc3c(c2)OCO3)N1c1ccc(Cl)c(Cl)c1. The van der Waals surface area contributed by atoms with Crippen LogP contribution in [0.25, 0.3) is 0 Å². The minimum Gasteiger partial charge on any atom is -0.454 e. The zero-order chi connectivity index (χ0) is 23.2. The van der Waals surface area contributed by atoms with Crippen molar-refractivity contribution in [2.24, 2.45) is 0 Å². The minimum atomic E-state index is -2.35. The lowest BCUT2D eigenvalue weighted by atomic mass is 9.94. The van der Waals surface area contributed by atoms with Crippen LogP contribution in [0.4, 0.5) is 16.2 Å². The van der Waals surface area contributed by atoms with Crippen molar-refractivity contribution in [1.82, 2.24) is 5.32 Å². The average molecular weight is 486 g/mol. The fourth-order valence-corrected chi connectivity index (χ4v) is 4.14. The van der Waals surface area contributed by atoms with E-state index in [-0.39, 0.29) is 34.6 Å². The smallest absolute Gasteiger partial charge is 0.329 e. The van der Waals surface area contributed by atoms with E-state index in [1.54, 1.807) is 42.5 Å². The Bertz CT molecular complexity index is 1280. The van der Waals surface area contributed by atoms with Crippen LogP contribution in [0.2, 0.25) is 10.0 Å². The van der Waals surface area contributed by atoms with Crippen LogP contribution in [0.15, 0.2) is 60.7 Å². The number of hydrogen-bond donors (Lipinski definition) is 3.